The Labute approximate surface area is 136 Å². The highest BCUT2D eigenvalue weighted by molar-refractivity contribution is 5.85. The zero-order valence-corrected chi connectivity index (χ0v) is 13.1. The van der Waals surface area contributed by atoms with Gasteiger partial charge in [-0.15, -0.1) is 0 Å². The van der Waals surface area contributed by atoms with Gasteiger partial charge in [0, 0.05) is 42.5 Å². The van der Waals surface area contributed by atoms with Crippen LogP contribution in [0.1, 0.15) is 36.6 Å². The summed E-state index contributed by atoms with van der Waals surface area (Å²) >= 11 is 0. The predicted molar refractivity (Wildman–Crippen MR) is 88.4 cm³/mol. The fourth-order valence-electron chi connectivity index (χ4n) is 4.61. The molecule has 4 nitrogen and oxygen atoms in total. The summed E-state index contributed by atoms with van der Waals surface area (Å²) in [4.78, 5) is 6.14. The smallest absolute Gasteiger partial charge is 0.0625 e. The SMILES string of the molecule is N#CC[C@@H]1C[C@H](CC#N)[C@H]2c3[nH]c4ccccc4c3CCN2C1. The molecule has 2 aromatic rings. The number of hydrogen-bond donors (Lipinski definition) is 1. The summed E-state index contributed by atoms with van der Waals surface area (Å²) in [6, 6.07) is 13.5. The number of nitriles is 2. The van der Waals surface area contributed by atoms with Crippen LogP contribution in [0.15, 0.2) is 24.3 Å². The van der Waals surface area contributed by atoms with Crippen molar-refractivity contribution in [3.8, 4) is 12.1 Å². The number of benzene rings is 1. The van der Waals surface area contributed by atoms with Gasteiger partial charge >= 0.3 is 0 Å². The first-order valence-corrected chi connectivity index (χ1v) is 8.39. The number of piperidine rings is 1. The van der Waals surface area contributed by atoms with E-state index in [4.69, 9.17) is 5.26 Å². The van der Waals surface area contributed by atoms with Gasteiger partial charge in [-0.3, -0.25) is 4.90 Å². The molecule has 1 fully saturated rings. The minimum absolute atomic E-state index is 0.306. The Hall–Kier alpha value is -2.30. The van der Waals surface area contributed by atoms with E-state index in [0.29, 0.717) is 30.7 Å². The monoisotopic (exact) mass is 304 g/mol. The second kappa shape index (κ2) is 5.72. The molecule has 4 rings (SSSR count). The van der Waals surface area contributed by atoms with Gasteiger partial charge in [-0.2, -0.15) is 10.5 Å². The molecule has 0 amide bonds. The maximum atomic E-state index is 9.27. The van der Waals surface area contributed by atoms with E-state index in [1.807, 2.05) is 0 Å². The van der Waals surface area contributed by atoms with Crippen LogP contribution in [0.2, 0.25) is 0 Å². The van der Waals surface area contributed by atoms with Gasteiger partial charge in [0.2, 0.25) is 0 Å². The second-order valence-electron chi connectivity index (χ2n) is 6.84. The zero-order chi connectivity index (χ0) is 15.8. The van der Waals surface area contributed by atoms with E-state index in [0.717, 1.165) is 25.9 Å². The molecule has 0 aliphatic carbocycles. The largest absolute Gasteiger partial charge is 0.357 e. The van der Waals surface area contributed by atoms with Crippen molar-refractivity contribution < 1.29 is 0 Å². The fourth-order valence-corrected chi connectivity index (χ4v) is 4.61. The van der Waals surface area contributed by atoms with Gasteiger partial charge in [0.1, 0.15) is 0 Å². The maximum absolute atomic E-state index is 9.27. The van der Waals surface area contributed by atoms with E-state index in [-0.39, 0.29) is 0 Å². The highest BCUT2D eigenvalue weighted by atomic mass is 15.2. The third-order valence-corrected chi connectivity index (χ3v) is 5.49. The van der Waals surface area contributed by atoms with Crippen LogP contribution < -0.4 is 0 Å². The van der Waals surface area contributed by atoms with Crippen molar-refractivity contribution in [3.05, 3.63) is 35.5 Å². The van der Waals surface area contributed by atoms with E-state index in [1.165, 1.54) is 22.2 Å². The molecular formula is C19H20N4. The number of H-pyrrole nitrogens is 1. The average molecular weight is 304 g/mol. The lowest BCUT2D eigenvalue weighted by Gasteiger charge is -2.46. The molecule has 0 unspecified atom stereocenters. The molecular weight excluding hydrogens is 284 g/mol. The number of hydrogen-bond acceptors (Lipinski definition) is 3. The van der Waals surface area contributed by atoms with Crippen molar-refractivity contribution in [2.45, 2.75) is 31.7 Å². The summed E-state index contributed by atoms with van der Waals surface area (Å²) < 4.78 is 0. The first-order valence-electron chi connectivity index (χ1n) is 8.39. The molecule has 0 radical (unpaired) electrons. The van der Waals surface area contributed by atoms with Gasteiger partial charge in [-0.1, -0.05) is 18.2 Å². The second-order valence-corrected chi connectivity index (χ2v) is 6.84. The summed E-state index contributed by atoms with van der Waals surface area (Å²) in [7, 11) is 0. The number of fused-ring (bicyclic) bond motifs is 5. The average Bonchev–Trinajstić information content (AvgIpc) is 2.94. The number of aromatic nitrogens is 1. The van der Waals surface area contributed by atoms with Crippen molar-refractivity contribution in [2.75, 3.05) is 13.1 Å². The number of para-hydroxylation sites is 1. The Morgan fingerprint density at radius 2 is 2.00 bits per heavy atom. The Morgan fingerprint density at radius 1 is 1.17 bits per heavy atom. The molecule has 2 aliphatic rings. The molecule has 116 valence electrons. The highest BCUT2D eigenvalue weighted by Gasteiger charge is 2.41. The number of nitrogens with zero attached hydrogens (tertiary/aromatic N) is 3. The summed E-state index contributed by atoms with van der Waals surface area (Å²) in [5.74, 6) is 0.722. The Morgan fingerprint density at radius 3 is 2.83 bits per heavy atom. The molecule has 0 saturated carbocycles. The predicted octanol–water partition coefficient (Wildman–Crippen LogP) is 3.53. The first-order chi connectivity index (χ1) is 11.3. The molecule has 1 N–H and O–H groups in total. The van der Waals surface area contributed by atoms with Gasteiger partial charge in [0.15, 0.2) is 0 Å². The van der Waals surface area contributed by atoms with Gasteiger partial charge < -0.3 is 4.98 Å². The van der Waals surface area contributed by atoms with Crippen LogP contribution >= 0.6 is 0 Å². The molecule has 23 heavy (non-hydrogen) atoms. The molecule has 1 saturated heterocycles. The highest BCUT2D eigenvalue weighted by Crippen LogP contribution is 2.45. The number of nitrogens with one attached hydrogen (secondary N) is 1. The lowest BCUT2D eigenvalue weighted by Crippen LogP contribution is -2.46. The van der Waals surface area contributed by atoms with Crippen molar-refractivity contribution >= 4 is 10.9 Å². The van der Waals surface area contributed by atoms with Gasteiger partial charge in [0.25, 0.3) is 0 Å². The van der Waals surface area contributed by atoms with Crippen LogP contribution in [-0.2, 0) is 6.42 Å². The number of rotatable bonds is 2. The zero-order valence-electron chi connectivity index (χ0n) is 13.1. The topological polar surface area (TPSA) is 66.6 Å². The van der Waals surface area contributed by atoms with Crippen LogP contribution in [0.3, 0.4) is 0 Å². The lowest BCUT2D eigenvalue weighted by molar-refractivity contribution is 0.0477. The van der Waals surface area contributed by atoms with E-state index in [1.54, 1.807) is 0 Å². The molecule has 0 spiro atoms. The first kappa shape index (κ1) is 14.3. The molecule has 3 atom stereocenters. The fraction of sp³-hybridized carbons (Fsp3) is 0.474. The van der Waals surface area contributed by atoms with Gasteiger partial charge in [-0.05, 0) is 36.3 Å². The van der Waals surface area contributed by atoms with Crippen LogP contribution in [-0.4, -0.2) is 23.0 Å². The Balaban J connectivity index is 1.76. The molecule has 3 heterocycles. The normalized spacial score (nSPS) is 27.0. The van der Waals surface area contributed by atoms with E-state index < -0.39 is 0 Å². The van der Waals surface area contributed by atoms with Crippen molar-refractivity contribution in [1.82, 2.24) is 9.88 Å². The Kier molecular flexibility index (Phi) is 3.56. The summed E-state index contributed by atoms with van der Waals surface area (Å²) in [6.45, 7) is 2.01. The van der Waals surface area contributed by atoms with E-state index in [9.17, 15) is 5.26 Å². The summed E-state index contributed by atoms with van der Waals surface area (Å²) in [6.07, 6.45) is 3.20. The third-order valence-electron chi connectivity index (χ3n) is 5.49. The summed E-state index contributed by atoms with van der Waals surface area (Å²) in [5.41, 5.74) is 3.95. The molecule has 2 aliphatic heterocycles. The molecule has 1 aromatic carbocycles. The minimum atomic E-state index is 0.306. The quantitative estimate of drug-likeness (QED) is 0.923. The standard InChI is InChI=1S/C19H20N4/c20-8-5-13-11-14(6-9-21)19-18-16(7-10-23(19)12-13)15-3-1-2-4-17(15)22-18/h1-4,13-14,19,22H,5-7,10-12H2/t13-,14+,19+/m1/s1. The van der Waals surface area contributed by atoms with Crippen LogP contribution in [0, 0.1) is 34.5 Å². The van der Waals surface area contributed by atoms with Gasteiger partial charge in [-0.25, -0.2) is 0 Å². The summed E-state index contributed by atoms with van der Waals surface area (Å²) in [5, 5.41) is 19.6. The van der Waals surface area contributed by atoms with Crippen molar-refractivity contribution in [1.29, 1.82) is 10.5 Å². The maximum Gasteiger partial charge on any atom is 0.0625 e. The molecule has 1 aromatic heterocycles. The van der Waals surface area contributed by atoms with Crippen LogP contribution in [0.25, 0.3) is 10.9 Å². The van der Waals surface area contributed by atoms with Crippen LogP contribution in [0.4, 0.5) is 0 Å². The van der Waals surface area contributed by atoms with Crippen molar-refractivity contribution in [2.24, 2.45) is 11.8 Å². The molecule has 0 bridgehead atoms. The van der Waals surface area contributed by atoms with Gasteiger partial charge in [0.05, 0.1) is 18.2 Å². The van der Waals surface area contributed by atoms with E-state index in [2.05, 4.69) is 46.3 Å². The minimum Gasteiger partial charge on any atom is -0.357 e. The lowest BCUT2D eigenvalue weighted by atomic mass is 9.76. The van der Waals surface area contributed by atoms with Crippen LogP contribution in [0.5, 0.6) is 0 Å². The van der Waals surface area contributed by atoms with Crippen molar-refractivity contribution in [3.63, 3.8) is 0 Å². The Bertz CT molecular complexity index is 807. The number of aromatic amines is 1. The third kappa shape index (κ3) is 2.31. The van der Waals surface area contributed by atoms with E-state index >= 15 is 0 Å². The molecule has 4 heteroatoms.